The van der Waals surface area contributed by atoms with Gasteiger partial charge in [0, 0.05) is 38.0 Å². The van der Waals surface area contributed by atoms with E-state index in [1.807, 2.05) is 16.1 Å². The number of anilines is 2. The maximum Gasteiger partial charge on any atom is 0.311 e. The molecule has 0 aliphatic carbocycles. The first-order valence-electron chi connectivity index (χ1n) is 6.32. The van der Waals surface area contributed by atoms with Gasteiger partial charge in [-0.2, -0.15) is 0 Å². The van der Waals surface area contributed by atoms with Gasteiger partial charge in [-0.15, -0.1) is 0 Å². The summed E-state index contributed by atoms with van der Waals surface area (Å²) in [5, 5.41) is 10.7. The van der Waals surface area contributed by atoms with Crippen LogP contribution in [0, 0.1) is 10.1 Å². The molecule has 1 saturated heterocycles. The molecule has 1 fully saturated rings. The van der Waals surface area contributed by atoms with Crippen LogP contribution in [0.1, 0.15) is 6.92 Å². The average molecular weight is 299 g/mol. The summed E-state index contributed by atoms with van der Waals surface area (Å²) in [6, 6.07) is 2.97. The highest BCUT2D eigenvalue weighted by atomic mass is 32.2. The zero-order valence-electron chi connectivity index (χ0n) is 11.2. The van der Waals surface area contributed by atoms with Gasteiger partial charge in [0.2, 0.25) is 5.82 Å². The number of nitro groups is 1. The number of nitrogen functional groups attached to an aromatic ring is 1. The Morgan fingerprint density at radius 1 is 1.40 bits per heavy atom. The van der Waals surface area contributed by atoms with Crippen molar-refractivity contribution in [2.24, 2.45) is 0 Å². The molecule has 0 radical (unpaired) electrons. The van der Waals surface area contributed by atoms with Gasteiger partial charge in [-0.05, 0) is 6.07 Å². The van der Waals surface area contributed by atoms with E-state index in [4.69, 9.17) is 5.73 Å². The molecule has 1 aromatic rings. The van der Waals surface area contributed by atoms with Crippen LogP contribution in [0.3, 0.4) is 0 Å². The smallest absolute Gasteiger partial charge is 0.311 e. The Morgan fingerprint density at radius 2 is 2.05 bits per heavy atom. The normalized spacial score (nSPS) is 17.9. The van der Waals surface area contributed by atoms with Gasteiger partial charge in [0.05, 0.1) is 15.9 Å². The summed E-state index contributed by atoms with van der Waals surface area (Å²) in [4.78, 5) is 16.2. The molecule has 1 atom stereocenters. The molecule has 1 aliphatic heterocycles. The first-order valence-corrected chi connectivity index (χ1v) is 7.59. The number of pyridine rings is 1. The summed E-state index contributed by atoms with van der Waals surface area (Å²) in [5.74, 6) is 1.16. The van der Waals surface area contributed by atoms with E-state index in [1.165, 1.54) is 6.07 Å². The molecule has 8 nitrogen and oxygen atoms in total. The fourth-order valence-corrected chi connectivity index (χ4v) is 3.03. The highest BCUT2D eigenvalue weighted by molar-refractivity contribution is 7.82. The second kappa shape index (κ2) is 6.14. The largest absolute Gasteiger partial charge is 0.378 e. The Labute approximate surface area is 119 Å². The second-order valence-corrected chi connectivity index (χ2v) is 6.09. The highest BCUT2D eigenvalue weighted by Crippen LogP contribution is 2.23. The van der Waals surface area contributed by atoms with E-state index in [1.54, 1.807) is 6.07 Å². The van der Waals surface area contributed by atoms with Crippen molar-refractivity contribution in [2.75, 3.05) is 42.6 Å². The second-order valence-electron chi connectivity index (χ2n) is 4.36. The highest BCUT2D eigenvalue weighted by Gasteiger charge is 2.22. The lowest BCUT2D eigenvalue weighted by atomic mass is 10.3. The first kappa shape index (κ1) is 14.7. The van der Waals surface area contributed by atoms with Crippen LogP contribution in [0.2, 0.25) is 0 Å². The van der Waals surface area contributed by atoms with E-state index in [0.29, 0.717) is 37.7 Å². The number of hydrogen-bond donors (Lipinski definition) is 1. The number of rotatable bonds is 4. The Morgan fingerprint density at radius 3 is 2.55 bits per heavy atom. The summed E-state index contributed by atoms with van der Waals surface area (Å²) in [6.45, 7) is 4.60. The third-order valence-electron chi connectivity index (χ3n) is 3.18. The van der Waals surface area contributed by atoms with Gasteiger partial charge in [0.15, 0.2) is 0 Å². The van der Waals surface area contributed by atoms with Gasteiger partial charge < -0.3 is 10.6 Å². The van der Waals surface area contributed by atoms with E-state index >= 15 is 0 Å². The zero-order valence-corrected chi connectivity index (χ0v) is 12.0. The van der Waals surface area contributed by atoms with Gasteiger partial charge in [-0.25, -0.2) is 13.5 Å². The zero-order chi connectivity index (χ0) is 14.7. The van der Waals surface area contributed by atoms with Gasteiger partial charge in [0.1, 0.15) is 5.82 Å². The van der Waals surface area contributed by atoms with Crippen molar-refractivity contribution < 1.29 is 9.13 Å². The molecule has 9 heteroatoms. The van der Waals surface area contributed by atoms with Crippen molar-refractivity contribution in [3.05, 3.63) is 22.2 Å². The summed E-state index contributed by atoms with van der Waals surface area (Å²) in [7, 11) is -0.927. The topological polar surface area (TPSA) is 106 Å². The summed E-state index contributed by atoms with van der Waals surface area (Å²) >= 11 is 0. The first-order chi connectivity index (χ1) is 9.52. The molecular weight excluding hydrogens is 282 g/mol. The predicted octanol–water partition coefficient (Wildman–Crippen LogP) is 0.378. The third kappa shape index (κ3) is 3.05. The number of nitrogens with zero attached hydrogens (tertiary/aromatic N) is 4. The van der Waals surface area contributed by atoms with Crippen molar-refractivity contribution in [1.29, 1.82) is 0 Å². The Kier molecular flexibility index (Phi) is 4.50. The number of hydrogen-bond acceptors (Lipinski definition) is 6. The van der Waals surface area contributed by atoms with Crippen LogP contribution in [-0.4, -0.2) is 50.4 Å². The van der Waals surface area contributed by atoms with Gasteiger partial charge in [0.25, 0.3) is 0 Å². The van der Waals surface area contributed by atoms with Crippen LogP contribution in [0.15, 0.2) is 12.1 Å². The molecule has 0 aromatic carbocycles. The molecule has 1 aliphatic rings. The predicted molar refractivity (Wildman–Crippen MR) is 77.8 cm³/mol. The Balaban J connectivity index is 2.06. The SMILES string of the molecule is CCS(=O)N1CCN(c2ccc([N+](=O)[O-])c(N)n2)CC1. The van der Waals surface area contributed by atoms with Crippen LogP contribution in [0.5, 0.6) is 0 Å². The molecule has 1 unspecified atom stereocenters. The van der Waals surface area contributed by atoms with Crippen molar-refractivity contribution in [1.82, 2.24) is 9.29 Å². The maximum absolute atomic E-state index is 11.7. The van der Waals surface area contributed by atoms with Crippen LogP contribution in [0.4, 0.5) is 17.3 Å². The molecule has 2 heterocycles. The molecule has 110 valence electrons. The molecule has 2 N–H and O–H groups in total. The van der Waals surface area contributed by atoms with Crippen LogP contribution >= 0.6 is 0 Å². The molecule has 0 bridgehead atoms. The lowest BCUT2D eigenvalue weighted by Gasteiger charge is -2.34. The monoisotopic (exact) mass is 299 g/mol. The van der Waals surface area contributed by atoms with E-state index < -0.39 is 15.9 Å². The standard InChI is InChI=1S/C11H17N5O3S/c1-2-20(19)15-7-5-14(6-8-15)10-4-3-9(16(17)18)11(12)13-10/h3-4H,2,5-8H2,1H3,(H2,12,13). The average Bonchev–Trinajstić information content (AvgIpc) is 2.46. The van der Waals surface area contributed by atoms with Crippen LogP contribution in [0.25, 0.3) is 0 Å². The van der Waals surface area contributed by atoms with Crippen molar-refractivity contribution in [3.8, 4) is 0 Å². The minimum Gasteiger partial charge on any atom is -0.378 e. The molecular formula is C11H17N5O3S. The minimum absolute atomic E-state index is 0.0768. The van der Waals surface area contributed by atoms with Crippen LogP contribution < -0.4 is 10.6 Å². The Bertz CT molecular complexity index is 531. The van der Waals surface area contributed by atoms with Crippen molar-refractivity contribution in [3.63, 3.8) is 0 Å². The number of piperazine rings is 1. The minimum atomic E-state index is -0.927. The lowest BCUT2D eigenvalue weighted by molar-refractivity contribution is -0.384. The fourth-order valence-electron chi connectivity index (χ4n) is 2.09. The quantitative estimate of drug-likeness (QED) is 0.636. The van der Waals surface area contributed by atoms with E-state index in [0.717, 1.165) is 0 Å². The molecule has 0 amide bonds. The molecule has 0 saturated carbocycles. The molecule has 0 spiro atoms. The van der Waals surface area contributed by atoms with Crippen molar-refractivity contribution >= 4 is 28.3 Å². The van der Waals surface area contributed by atoms with Gasteiger partial charge in [-0.1, -0.05) is 6.92 Å². The summed E-state index contributed by atoms with van der Waals surface area (Å²) < 4.78 is 13.6. The molecule has 2 rings (SSSR count). The Hall–Kier alpha value is -1.74. The summed E-state index contributed by atoms with van der Waals surface area (Å²) in [5.41, 5.74) is 5.41. The molecule has 20 heavy (non-hydrogen) atoms. The van der Waals surface area contributed by atoms with Crippen molar-refractivity contribution in [2.45, 2.75) is 6.92 Å². The number of nitrogens with two attached hydrogens (primary N) is 1. The van der Waals surface area contributed by atoms with Gasteiger partial charge >= 0.3 is 5.69 Å². The fraction of sp³-hybridized carbons (Fsp3) is 0.545. The van der Waals surface area contributed by atoms with E-state index in [2.05, 4.69) is 4.98 Å². The van der Waals surface area contributed by atoms with Gasteiger partial charge in [-0.3, -0.25) is 10.1 Å². The maximum atomic E-state index is 11.7. The number of aromatic nitrogens is 1. The molecule has 1 aromatic heterocycles. The summed E-state index contributed by atoms with van der Waals surface area (Å²) in [6.07, 6.45) is 0. The third-order valence-corrected chi connectivity index (χ3v) is 4.62. The van der Waals surface area contributed by atoms with E-state index in [9.17, 15) is 14.3 Å². The lowest BCUT2D eigenvalue weighted by Crippen LogP contribution is -2.47. The van der Waals surface area contributed by atoms with Crippen LogP contribution in [-0.2, 0) is 11.0 Å². The van der Waals surface area contributed by atoms with E-state index in [-0.39, 0.29) is 11.5 Å².